The first-order valence-electron chi connectivity index (χ1n) is 9.81. The Morgan fingerprint density at radius 3 is 2.53 bits per heavy atom. The number of nitrogens with zero attached hydrogens (tertiary/aromatic N) is 1. The summed E-state index contributed by atoms with van der Waals surface area (Å²) in [6.45, 7) is 6.41. The Hall–Kier alpha value is -2.36. The van der Waals surface area contributed by atoms with Crippen LogP contribution in [0.1, 0.15) is 45.1 Å². The van der Waals surface area contributed by atoms with E-state index in [0.717, 1.165) is 11.3 Å². The second-order valence-corrected chi connectivity index (χ2v) is 9.22. The van der Waals surface area contributed by atoms with Crippen LogP contribution in [0.4, 0.5) is 23.1 Å². The number of aromatic nitrogens is 1. The zero-order valence-corrected chi connectivity index (χ0v) is 17.8. The summed E-state index contributed by atoms with van der Waals surface area (Å²) < 4.78 is 40.8. The van der Waals surface area contributed by atoms with Crippen LogP contribution < -0.4 is 16.0 Å². The molecule has 0 saturated heterocycles. The molecule has 3 amide bonds. The molecule has 1 unspecified atom stereocenters. The number of alkyl halides is 3. The number of fused-ring (bicyclic) bond motifs is 1. The Morgan fingerprint density at radius 2 is 1.93 bits per heavy atom. The van der Waals surface area contributed by atoms with E-state index in [-0.39, 0.29) is 22.7 Å². The number of likely N-dealkylation sites (N-methyl/N-ethyl adjacent to an activating group) is 1. The highest BCUT2D eigenvalue weighted by Crippen LogP contribution is 2.44. The van der Waals surface area contributed by atoms with Gasteiger partial charge in [-0.25, -0.2) is 9.78 Å². The summed E-state index contributed by atoms with van der Waals surface area (Å²) in [7, 11) is 0. The molecule has 3 rings (SSSR count). The Balaban J connectivity index is 1.73. The summed E-state index contributed by atoms with van der Waals surface area (Å²) in [4.78, 5) is 28.4. The third-order valence-electron chi connectivity index (χ3n) is 5.29. The van der Waals surface area contributed by atoms with Crippen LogP contribution in [0.25, 0.3) is 10.2 Å². The molecule has 0 radical (unpaired) electrons. The van der Waals surface area contributed by atoms with Crippen molar-refractivity contribution in [3.05, 3.63) is 23.8 Å². The Morgan fingerprint density at radius 1 is 1.23 bits per heavy atom. The molecular weight excluding hydrogens is 417 g/mol. The fourth-order valence-electron chi connectivity index (χ4n) is 3.40. The topological polar surface area (TPSA) is 83.1 Å². The van der Waals surface area contributed by atoms with E-state index >= 15 is 0 Å². The van der Waals surface area contributed by atoms with E-state index < -0.39 is 24.0 Å². The van der Waals surface area contributed by atoms with Crippen LogP contribution in [-0.4, -0.2) is 36.2 Å². The van der Waals surface area contributed by atoms with Gasteiger partial charge in [0.2, 0.25) is 5.91 Å². The monoisotopic (exact) mass is 442 g/mol. The van der Waals surface area contributed by atoms with Gasteiger partial charge in [-0.1, -0.05) is 31.3 Å². The van der Waals surface area contributed by atoms with Crippen LogP contribution in [-0.2, 0) is 4.79 Å². The molecule has 1 aliphatic rings. The van der Waals surface area contributed by atoms with E-state index in [1.54, 1.807) is 6.92 Å². The lowest BCUT2D eigenvalue weighted by molar-refractivity contribution is -0.164. The van der Waals surface area contributed by atoms with Crippen molar-refractivity contribution in [1.82, 2.24) is 15.6 Å². The first-order chi connectivity index (χ1) is 14.0. The Bertz CT molecular complexity index is 938. The van der Waals surface area contributed by atoms with Crippen LogP contribution in [0, 0.1) is 11.3 Å². The van der Waals surface area contributed by atoms with Gasteiger partial charge in [-0.3, -0.25) is 10.1 Å². The molecule has 0 aliphatic heterocycles. The third kappa shape index (κ3) is 5.21. The molecule has 1 fully saturated rings. The van der Waals surface area contributed by atoms with Crippen molar-refractivity contribution in [1.29, 1.82) is 0 Å². The second kappa shape index (κ2) is 8.41. The van der Waals surface area contributed by atoms with E-state index in [2.05, 4.69) is 34.8 Å². The lowest BCUT2D eigenvalue weighted by Crippen LogP contribution is -2.37. The number of urea groups is 1. The second-order valence-electron chi connectivity index (χ2n) is 8.19. The molecule has 1 heterocycles. The molecule has 30 heavy (non-hydrogen) atoms. The number of carbonyl (C=O) groups is 2. The van der Waals surface area contributed by atoms with Crippen LogP contribution in [0.3, 0.4) is 0 Å². The first kappa shape index (κ1) is 22.3. The minimum Gasteiger partial charge on any atom is -0.356 e. The lowest BCUT2D eigenvalue weighted by atomic mass is 9.87. The number of anilines is 1. The van der Waals surface area contributed by atoms with Crippen molar-refractivity contribution in [3.8, 4) is 0 Å². The van der Waals surface area contributed by atoms with Gasteiger partial charge in [0.25, 0.3) is 0 Å². The highest BCUT2D eigenvalue weighted by Gasteiger charge is 2.46. The highest BCUT2D eigenvalue weighted by molar-refractivity contribution is 7.22. The molecule has 6 nitrogen and oxygen atoms in total. The van der Waals surface area contributed by atoms with Gasteiger partial charge in [0.05, 0.1) is 10.2 Å². The Kier molecular flexibility index (Phi) is 6.26. The molecule has 1 aliphatic carbocycles. The summed E-state index contributed by atoms with van der Waals surface area (Å²) in [5, 5.41) is 7.99. The normalized spacial score (nSPS) is 15.7. The number of rotatable bonds is 7. The molecule has 10 heteroatoms. The predicted molar refractivity (Wildman–Crippen MR) is 111 cm³/mol. The van der Waals surface area contributed by atoms with E-state index in [1.807, 2.05) is 0 Å². The number of benzene rings is 1. The quantitative estimate of drug-likeness (QED) is 0.584. The van der Waals surface area contributed by atoms with Crippen molar-refractivity contribution in [2.24, 2.45) is 11.3 Å². The van der Waals surface area contributed by atoms with Crippen molar-refractivity contribution in [2.45, 2.75) is 45.7 Å². The van der Waals surface area contributed by atoms with Crippen LogP contribution in [0.2, 0.25) is 0 Å². The summed E-state index contributed by atoms with van der Waals surface area (Å²) in [5.41, 5.74) is 0.312. The smallest absolute Gasteiger partial charge is 0.356 e. The van der Waals surface area contributed by atoms with Gasteiger partial charge in [0.15, 0.2) is 11.0 Å². The minimum atomic E-state index is -4.72. The summed E-state index contributed by atoms with van der Waals surface area (Å²) in [5.74, 6) is -2.73. The standard InChI is InChI=1S/C20H25F3N4O2S/c1-4-24-16(28)15(20(21,22)23)11-5-8-13-14(9-11)30-18(26-13)27-17(29)25-10-19(2,3)12-6-7-12/h5,8-9,12,15H,4,6-7,10H2,1-3H3,(H,24,28)(H2,25,26,27,29). The van der Waals surface area contributed by atoms with Gasteiger partial charge in [0.1, 0.15) is 0 Å². The number of hydrogen-bond donors (Lipinski definition) is 3. The van der Waals surface area contributed by atoms with Gasteiger partial charge in [-0.05, 0) is 48.8 Å². The molecule has 1 atom stereocenters. The van der Waals surface area contributed by atoms with Gasteiger partial charge >= 0.3 is 12.2 Å². The SMILES string of the molecule is CCNC(=O)C(c1ccc2nc(NC(=O)NCC(C)(C)C3CC3)sc2c1)C(F)(F)F. The maximum Gasteiger partial charge on any atom is 0.404 e. The maximum atomic E-state index is 13.5. The zero-order valence-electron chi connectivity index (χ0n) is 17.0. The minimum absolute atomic E-state index is 0.0193. The number of carbonyl (C=O) groups excluding carboxylic acids is 2. The average Bonchev–Trinajstić information content (AvgIpc) is 3.41. The number of amides is 3. The molecule has 1 aromatic heterocycles. The van der Waals surface area contributed by atoms with Crippen LogP contribution in [0.15, 0.2) is 18.2 Å². The number of thiazole rings is 1. The summed E-state index contributed by atoms with van der Waals surface area (Å²) in [6, 6.07) is 3.58. The van der Waals surface area contributed by atoms with Crippen LogP contribution in [0.5, 0.6) is 0 Å². The van der Waals surface area contributed by atoms with Crippen molar-refractivity contribution in [3.63, 3.8) is 0 Å². The van der Waals surface area contributed by atoms with Gasteiger partial charge in [0, 0.05) is 13.1 Å². The van der Waals surface area contributed by atoms with Crippen molar-refractivity contribution in [2.75, 3.05) is 18.4 Å². The van der Waals surface area contributed by atoms with Gasteiger partial charge < -0.3 is 10.6 Å². The lowest BCUT2D eigenvalue weighted by Gasteiger charge is -2.24. The molecule has 164 valence electrons. The molecular formula is C20H25F3N4O2S. The molecule has 0 bridgehead atoms. The van der Waals surface area contributed by atoms with E-state index in [4.69, 9.17) is 0 Å². The number of hydrogen-bond acceptors (Lipinski definition) is 4. The average molecular weight is 443 g/mol. The fourth-order valence-corrected chi connectivity index (χ4v) is 4.31. The first-order valence-corrected chi connectivity index (χ1v) is 10.6. The number of nitrogens with one attached hydrogen (secondary N) is 3. The Labute approximate surface area is 176 Å². The molecule has 3 N–H and O–H groups in total. The third-order valence-corrected chi connectivity index (χ3v) is 6.23. The van der Waals surface area contributed by atoms with Gasteiger partial charge in [-0.2, -0.15) is 13.2 Å². The summed E-state index contributed by atoms with van der Waals surface area (Å²) >= 11 is 1.06. The molecule has 0 spiro atoms. The molecule has 2 aromatic rings. The van der Waals surface area contributed by atoms with Crippen LogP contribution >= 0.6 is 11.3 Å². The maximum absolute atomic E-state index is 13.5. The zero-order chi connectivity index (χ0) is 22.1. The predicted octanol–water partition coefficient (Wildman–Crippen LogP) is 4.64. The van der Waals surface area contributed by atoms with E-state index in [9.17, 15) is 22.8 Å². The van der Waals surface area contributed by atoms with E-state index in [1.165, 1.54) is 31.0 Å². The highest BCUT2D eigenvalue weighted by atomic mass is 32.1. The van der Waals surface area contributed by atoms with E-state index in [0.29, 0.717) is 22.7 Å². The van der Waals surface area contributed by atoms with Gasteiger partial charge in [-0.15, -0.1) is 0 Å². The van der Waals surface area contributed by atoms with Crippen molar-refractivity contribution < 1.29 is 22.8 Å². The summed E-state index contributed by atoms with van der Waals surface area (Å²) in [6.07, 6.45) is -2.37. The largest absolute Gasteiger partial charge is 0.404 e. The molecule has 1 aromatic carbocycles. The fraction of sp³-hybridized carbons (Fsp3) is 0.550. The molecule has 1 saturated carbocycles. The van der Waals surface area contributed by atoms with Crippen molar-refractivity contribution >= 4 is 38.6 Å². The number of halogens is 3.